The smallest absolute Gasteiger partial charge is 0.357 e. The number of nitrogens with zero attached hydrogens (tertiary/aromatic N) is 1. The van der Waals surface area contributed by atoms with Crippen LogP contribution in [0, 0.1) is 0 Å². The van der Waals surface area contributed by atoms with E-state index in [9.17, 15) is 4.79 Å². The molecule has 0 unspecified atom stereocenters. The lowest BCUT2D eigenvalue weighted by molar-refractivity contribution is 0.0593. The summed E-state index contributed by atoms with van der Waals surface area (Å²) in [6, 6.07) is 1.60. The molecule has 2 N–H and O–H groups in total. The number of hydrogen-bond acceptors (Lipinski definition) is 4. The van der Waals surface area contributed by atoms with Crippen LogP contribution in [0.25, 0.3) is 0 Å². The minimum atomic E-state index is -0.484. The molecule has 0 amide bonds. The summed E-state index contributed by atoms with van der Waals surface area (Å²) < 4.78 is 5.02. The number of nitrogens with two attached hydrogens (primary N) is 1. The van der Waals surface area contributed by atoms with Crippen molar-refractivity contribution in [3.05, 3.63) is 22.4 Å². The summed E-state index contributed by atoms with van der Waals surface area (Å²) in [5.41, 5.74) is 6.15. The van der Waals surface area contributed by atoms with Gasteiger partial charge in [-0.15, -0.1) is 0 Å². The van der Waals surface area contributed by atoms with Crippen LogP contribution in [0.1, 0.15) is 10.5 Å². The fraction of sp³-hybridized carbons (Fsp3) is 0.143. The lowest BCUT2D eigenvalue weighted by atomic mass is 10.3. The number of esters is 1. The van der Waals surface area contributed by atoms with Crippen molar-refractivity contribution in [2.45, 2.75) is 0 Å². The molecule has 0 bridgehead atoms. The first kappa shape index (κ1) is 8.99. The van der Waals surface area contributed by atoms with Crippen LogP contribution in [0.5, 0.6) is 0 Å². The fourth-order valence-electron chi connectivity index (χ4n) is 0.700. The van der Waals surface area contributed by atoms with Crippen LogP contribution >= 0.6 is 15.9 Å². The first-order valence-electron chi connectivity index (χ1n) is 3.14. The van der Waals surface area contributed by atoms with Crippen molar-refractivity contribution < 1.29 is 9.53 Å². The second-order valence-corrected chi connectivity index (χ2v) is 2.94. The second kappa shape index (κ2) is 3.53. The van der Waals surface area contributed by atoms with E-state index in [2.05, 4.69) is 25.7 Å². The third-order valence-corrected chi connectivity index (χ3v) is 1.85. The van der Waals surface area contributed by atoms with Crippen molar-refractivity contribution in [2.75, 3.05) is 12.8 Å². The Morgan fingerprint density at radius 1 is 1.75 bits per heavy atom. The molecule has 0 radical (unpaired) electrons. The standard InChI is InChI=1S/C7H7BrN2O2/c1-12-7(11)6-5(8)2-4(9)3-10-6/h2-3H,9H2,1H3. The van der Waals surface area contributed by atoms with E-state index in [-0.39, 0.29) is 5.69 Å². The lowest BCUT2D eigenvalue weighted by Gasteiger charge is -2.00. The highest BCUT2D eigenvalue weighted by atomic mass is 79.9. The summed E-state index contributed by atoms with van der Waals surface area (Å²) in [7, 11) is 1.30. The molecule has 5 heteroatoms. The summed E-state index contributed by atoms with van der Waals surface area (Å²) in [4.78, 5) is 14.8. The molecule has 1 heterocycles. The summed E-state index contributed by atoms with van der Waals surface area (Å²) in [6.45, 7) is 0. The Hall–Kier alpha value is -1.10. The molecule has 1 aromatic heterocycles. The molecule has 64 valence electrons. The Labute approximate surface area is 77.9 Å². The number of rotatable bonds is 1. The molecule has 0 atom stereocenters. The van der Waals surface area contributed by atoms with Crippen molar-refractivity contribution in [1.29, 1.82) is 0 Å². The number of carbonyl (C=O) groups is 1. The summed E-state index contributed by atoms with van der Waals surface area (Å²) in [6.07, 6.45) is 1.40. The maximum atomic E-state index is 11.0. The van der Waals surface area contributed by atoms with Gasteiger partial charge in [0.1, 0.15) is 0 Å². The lowest BCUT2D eigenvalue weighted by Crippen LogP contribution is -2.05. The van der Waals surface area contributed by atoms with Gasteiger partial charge in [-0.1, -0.05) is 0 Å². The zero-order valence-electron chi connectivity index (χ0n) is 6.37. The van der Waals surface area contributed by atoms with Gasteiger partial charge in [-0.2, -0.15) is 0 Å². The minimum absolute atomic E-state index is 0.228. The number of halogens is 1. The molecule has 1 rings (SSSR count). The van der Waals surface area contributed by atoms with Gasteiger partial charge in [-0.05, 0) is 22.0 Å². The van der Waals surface area contributed by atoms with E-state index in [1.807, 2.05) is 0 Å². The fourth-order valence-corrected chi connectivity index (χ4v) is 1.23. The van der Waals surface area contributed by atoms with Gasteiger partial charge in [-0.25, -0.2) is 9.78 Å². The van der Waals surface area contributed by atoms with Crippen LogP contribution in [0.15, 0.2) is 16.7 Å². The SMILES string of the molecule is COC(=O)c1ncc(N)cc1Br. The highest BCUT2D eigenvalue weighted by Gasteiger charge is 2.11. The molecule has 0 aliphatic heterocycles. The number of hydrogen-bond donors (Lipinski definition) is 1. The van der Waals surface area contributed by atoms with Gasteiger partial charge in [0.25, 0.3) is 0 Å². The third kappa shape index (κ3) is 1.73. The van der Waals surface area contributed by atoms with Crippen LogP contribution in [0.4, 0.5) is 5.69 Å². The molecule has 1 aromatic rings. The number of methoxy groups -OCH3 is 1. The molecule has 0 aromatic carbocycles. The summed E-state index contributed by atoms with van der Waals surface area (Å²) in [5, 5.41) is 0. The predicted molar refractivity (Wildman–Crippen MR) is 47.7 cm³/mol. The van der Waals surface area contributed by atoms with Crippen molar-refractivity contribution in [2.24, 2.45) is 0 Å². The van der Waals surface area contributed by atoms with E-state index >= 15 is 0 Å². The van der Waals surface area contributed by atoms with Crippen molar-refractivity contribution in [3.8, 4) is 0 Å². The number of anilines is 1. The van der Waals surface area contributed by atoms with E-state index in [1.165, 1.54) is 13.3 Å². The Morgan fingerprint density at radius 2 is 2.42 bits per heavy atom. The van der Waals surface area contributed by atoms with Gasteiger partial charge in [-0.3, -0.25) is 0 Å². The highest BCUT2D eigenvalue weighted by molar-refractivity contribution is 9.10. The van der Waals surface area contributed by atoms with E-state index in [0.29, 0.717) is 10.2 Å². The Bertz CT molecular complexity index is 314. The van der Waals surface area contributed by atoms with Gasteiger partial charge in [0.15, 0.2) is 5.69 Å². The van der Waals surface area contributed by atoms with Crippen LogP contribution < -0.4 is 5.73 Å². The molecule has 0 saturated heterocycles. The van der Waals surface area contributed by atoms with Gasteiger partial charge >= 0.3 is 5.97 Å². The zero-order valence-corrected chi connectivity index (χ0v) is 7.96. The molecular formula is C7H7BrN2O2. The van der Waals surface area contributed by atoms with Gasteiger partial charge < -0.3 is 10.5 Å². The number of pyridine rings is 1. The van der Waals surface area contributed by atoms with E-state index in [1.54, 1.807) is 6.07 Å². The molecular weight excluding hydrogens is 224 g/mol. The zero-order chi connectivity index (χ0) is 9.14. The Kier molecular flexibility index (Phi) is 2.65. The number of nitrogen functional groups attached to an aromatic ring is 1. The summed E-state index contributed by atoms with van der Waals surface area (Å²) >= 11 is 3.15. The maximum absolute atomic E-state index is 11.0. The van der Waals surface area contributed by atoms with Crippen molar-refractivity contribution in [1.82, 2.24) is 4.98 Å². The van der Waals surface area contributed by atoms with Crippen molar-refractivity contribution >= 4 is 27.6 Å². The van der Waals surface area contributed by atoms with Crippen LogP contribution in [-0.2, 0) is 4.74 Å². The van der Waals surface area contributed by atoms with Crippen LogP contribution in [0.3, 0.4) is 0 Å². The molecule has 12 heavy (non-hydrogen) atoms. The van der Waals surface area contributed by atoms with Gasteiger partial charge in [0.05, 0.1) is 23.5 Å². The molecule has 0 saturated carbocycles. The summed E-state index contributed by atoms with van der Waals surface area (Å²) in [5.74, 6) is -0.484. The van der Waals surface area contributed by atoms with Crippen LogP contribution in [-0.4, -0.2) is 18.1 Å². The molecule has 0 aliphatic carbocycles. The first-order chi connectivity index (χ1) is 5.65. The highest BCUT2D eigenvalue weighted by Crippen LogP contribution is 2.17. The predicted octanol–water partition coefficient (Wildman–Crippen LogP) is 1.21. The third-order valence-electron chi connectivity index (χ3n) is 1.24. The average molecular weight is 231 g/mol. The first-order valence-corrected chi connectivity index (χ1v) is 3.93. The average Bonchev–Trinajstić information content (AvgIpc) is 2.03. The van der Waals surface area contributed by atoms with Crippen LogP contribution in [0.2, 0.25) is 0 Å². The topological polar surface area (TPSA) is 65.2 Å². The normalized spacial score (nSPS) is 9.50. The Balaban J connectivity index is 3.09. The molecule has 4 nitrogen and oxygen atoms in total. The largest absolute Gasteiger partial charge is 0.464 e. The molecule has 0 fully saturated rings. The van der Waals surface area contributed by atoms with Crippen molar-refractivity contribution in [3.63, 3.8) is 0 Å². The molecule has 0 spiro atoms. The number of ether oxygens (including phenoxy) is 1. The maximum Gasteiger partial charge on any atom is 0.357 e. The Morgan fingerprint density at radius 3 is 2.92 bits per heavy atom. The quantitative estimate of drug-likeness (QED) is 0.737. The van der Waals surface area contributed by atoms with E-state index in [4.69, 9.17) is 5.73 Å². The number of carbonyl (C=O) groups excluding carboxylic acids is 1. The monoisotopic (exact) mass is 230 g/mol. The minimum Gasteiger partial charge on any atom is -0.464 e. The number of aromatic nitrogens is 1. The van der Waals surface area contributed by atoms with E-state index < -0.39 is 5.97 Å². The van der Waals surface area contributed by atoms with E-state index in [0.717, 1.165) is 0 Å². The second-order valence-electron chi connectivity index (χ2n) is 2.09. The van der Waals surface area contributed by atoms with Gasteiger partial charge in [0.2, 0.25) is 0 Å². The van der Waals surface area contributed by atoms with Gasteiger partial charge in [0, 0.05) is 0 Å². The molecule has 0 aliphatic rings.